The second kappa shape index (κ2) is 8.86. The van der Waals surface area contributed by atoms with E-state index in [1.54, 1.807) is 0 Å². The third kappa shape index (κ3) is 4.17. The van der Waals surface area contributed by atoms with Crippen LogP contribution in [0.15, 0.2) is 17.5 Å². The van der Waals surface area contributed by atoms with E-state index in [0.29, 0.717) is 23.7 Å². The molecule has 8 fully saturated rings. The number of esters is 2. The van der Waals surface area contributed by atoms with E-state index in [0.717, 1.165) is 79.9 Å². The molecule has 35 heavy (non-hydrogen) atoms. The van der Waals surface area contributed by atoms with Gasteiger partial charge in [-0.1, -0.05) is 6.07 Å². The molecule has 8 saturated carbocycles. The highest BCUT2D eigenvalue weighted by atomic mass is 32.1. The molecule has 0 aliphatic heterocycles. The van der Waals surface area contributed by atoms with Gasteiger partial charge in [-0.25, -0.2) is 0 Å². The summed E-state index contributed by atoms with van der Waals surface area (Å²) in [6.07, 6.45) is 11.0. The van der Waals surface area contributed by atoms with Crippen LogP contribution < -0.4 is 0 Å². The van der Waals surface area contributed by atoms with Crippen LogP contribution in [0.3, 0.4) is 0 Å². The molecule has 0 spiro atoms. The molecular weight excluding hydrogens is 460 g/mol. The molecule has 0 amide bonds. The first kappa shape index (κ1) is 22.8. The van der Waals surface area contributed by atoms with E-state index in [1.165, 1.54) is 24.2 Å². The van der Waals surface area contributed by atoms with Crippen molar-refractivity contribution in [1.82, 2.24) is 0 Å². The Hall–Kier alpha value is -1.40. The van der Waals surface area contributed by atoms with Gasteiger partial charge in [0.1, 0.15) is 12.2 Å². The molecule has 5 nitrogen and oxygen atoms in total. The minimum atomic E-state index is -1.05. The zero-order chi connectivity index (χ0) is 23.7. The van der Waals surface area contributed by atoms with Crippen LogP contribution >= 0.6 is 11.3 Å². The van der Waals surface area contributed by atoms with Crippen molar-refractivity contribution in [3.05, 3.63) is 22.4 Å². The van der Waals surface area contributed by atoms with Gasteiger partial charge < -0.3 is 14.6 Å². The van der Waals surface area contributed by atoms with E-state index in [2.05, 4.69) is 0 Å². The molecular formula is C29H38O5S. The van der Waals surface area contributed by atoms with Gasteiger partial charge in [-0.3, -0.25) is 9.59 Å². The maximum atomic E-state index is 13.6. The Morgan fingerprint density at radius 1 is 0.771 bits per heavy atom. The summed E-state index contributed by atoms with van der Waals surface area (Å²) in [4.78, 5) is 28.0. The Morgan fingerprint density at radius 2 is 1.20 bits per heavy atom. The maximum absolute atomic E-state index is 13.6. The summed E-state index contributed by atoms with van der Waals surface area (Å²) in [7, 11) is 0. The van der Waals surface area contributed by atoms with Crippen LogP contribution in [-0.4, -0.2) is 29.3 Å². The molecule has 190 valence electrons. The van der Waals surface area contributed by atoms with E-state index in [4.69, 9.17) is 9.47 Å². The fourth-order valence-corrected chi connectivity index (χ4v) is 10.4. The molecule has 9 rings (SSSR count). The van der Waals surface area contributed by atoms with Crippen molar-refractivity contribution < 1.29 is 24.2 Å². The summed E-state index contributed by atoms with van der Waals surface area (Å²) >= 11 is 1.45. The fourth-order valence-electron chi connectivity index (χ4n) is 9.68. The minimum absolute atomic E-state index is 0.0405. The number of thiophene rings is 1. The number of carbonyl (C=O) groups is 2. The van der Waals surface area contributed by atoms with Crippen molar-refractivity contribution in [2.45, 2.75) is 88.9 Å². The lowest BCUT2D eigenvalue weighted by Gasteiger charge is -2.54. The van der Waals surface area contributed by atoms with Gasteiger partial charge in [0.25, 0.3) is 0 Å². The first-order chi connectivity index (χ1) is 17.0. The summed E-state index contributed by atoms with van der Waals surface area (Å²) in [5.41, 5.74) is 0. The number of aliphatic hydroxyl groups excluding tert-OH is 1. The van der Waals surface area contributed by atoms with Crippen LogP contribution in [0, 0.1) is 53.3 Å². The number of hydrogen-bond acceptors (Lipinski definition) is 6. The Morgan fingerprint density at radius 3 is 1.57 bits per heavy atom. The Bertz CT molecular complexity index is 844. The lowest BCUT2D eigenvalue weighted by molar-refractivity contribution is -0.190. The highest BCUT2D eigenvalue weighted by Gasteiger charge is 2.52. The molecule has 8 bridgehead atoms. The summed E-state index contributed by atoms with van der Waals surface area (Å²) in [5, 5.41) is 12.8. The Labute approximate surface area is 212 Å². The van der Waals surface area contributed by atoms with Gasteiger partial charge in [-0.15, -0.1) is 11.3 Å². The lowest BCUT2D eigenvalue weighted by atomic mass is 9.55. The van der Waals surface area contributed by atoms with Crippen molar-refractivity contribution in [3.63, 3.8) is 0 Å². The first-order valence-electron chi connectivity index (χ1n) is 14.1. The fraction of sp³-hybridized carbons (Fsp3) is 0.793. The average molecular weight is 499 g/mol. The molecule has 1 aromatic heterocycles. The summed E-state index contributed by atoms with van der Waals surface area (Å²) in [5.74, 6) is 2.97. The van der Waals surface area contributed by atoms with E-state index >= 15 is 0 Å². The van der Waals surface area contributed by atoms with Gasteiger partial charge in [0, 0.05) is 11.3 Å². The quantitative estimate of drug-likeness (QED) is 0.396. The number of rotatable bonds is 7. The Balaban J connectivity index is 1.08. The van der Waals surface area contributed by atoms with E-state index in [1.807, 2.05) is 17.5 Å². The highest BCUT2D eigenvalue weighted by Crippen LogP contribution is 2.56. The average Bonchev–Trinajstić information content (AvgIpc) is 3.36. The van der Waals surface area contributed by atoms with Gasteiger partial charge in [0.15, 0.2) is 5.92 Å². The van der Waals surface area contributed by atoms with Crippen molar-refractivity contribution in [2.24, 2.45) is 53.3 Å². The second-order valence-electron chi connectivity index (χ2n) is 13.0. The van der Waals surface area contributed by atoms with Crippen LogP contribution in [-0.2, 0) is 19.1 Å². The second-order valence-corrected chi connectivity index (χ2v) is 14.0. The monoisotopic (exact) mass is 498 g/mol. The number of carbonyl (C=O) groups excluding carboxylic acids is 2. The zero-order valence-corrected chi connectivity index (χ0v) is 21.2. The molecule has 0 unspecified atom stereocenters. The van der Waals surface area contributed by atoms with Crippen molar-refractivity contribution in [3.8, 4) is 0 Å². The number of ether oxygens (including phenoxy) is 2. The van der Waals surface area contributed by atoms with Crippen molar-refractivity contribution in [2.75, 3.05) is 0 Å². The molecule has 1 N–H and O–H groups in total. The third-order valence-electron chi connectivity index (χ3n) is 10.7. The van der Waals surface area contributed by atoms with Crippen LogP contribution in [0.4, 0.5) is 0 Å². The van der Waals surface area contributed by atoms with Crippen molar-refractivity contribution in [1.29, 1.82) is 0 Å². The Kier molecular flexibility index (Phi) is 5.77. The smallest absolute Gasteiger partial charge is 0.320 e. The normalized spacial score (nSPS) is 44.3. The molecule has 8 aliphatic rings. The predicted octanol–water partition coefficient (Wildman–Crippen LogP) is 5.52. The minimum Gasteiger partial charge on any atom is -0.461 e. The topological polar surface area (TPSA) is 72.8 Å². The van der Waals surface area contributed by atoms with Gasteiger partial charge in [0.05, 0.1) is 6.10 Å². The molecule has 1 aromatic rings. The van der Waals surface area contributed by atoms with Crippen LogP contribution in [0.5, 0.6) is 0 Å². The predicted molar refractivity (Wildman–Crippen MR) is 131 cm³/mol. The number of aliphatic hydroxyl groups is 1. The highest BCUT2D eigenvalue weighted by molar-refractivity contribution is 7.10. The van der Waals surface area contributed by atoms with Crippen molar-refractivity contribution >= 4 is 23.3 Å². The van der Waals surface area contributed by atoms with Gasteiger partial charge >= 0.3 is 11.9 Å². The first-order valence-corrected chi connectivity index (χ1v) is 15.0. The largest absolute Gasteiger partial charge is 0.461 e. The van der Waals surface area contributed by atoms with Crippen LogP contribution in [0.25, 0.3) is 0 Å². The number of hydrogen-bond donors (Lipinski definition) is 1. The van der Waals surface area contributed by atoms with E-state index in [9.17, 15) is 14.7 Å². The summed E-state index contributed by atoms with van der Waals surface area (Å²) < 4.78 is 12.4. The van der Waals surface area contributed by atoms with Gasteiger partial charge in [-0.2, -0.15) is 0 Å². The lowest BCUT2D eigenvalue weighted by Crippen LogP contribution is -2.52. The molecule has 0 aromatic carbocycles. The molecule has 1 atom stereocenters. The molecule has 6 heteroatoms. The third-order valence-corrected chi connectivity index (χ3v) is 11.7. The molecule has 0 saturated heterocycles. The summed E-state index contributed by atoms with van der Waals surface area (Å²) in [6.45, 7) is 0. The van der Waals surface area contributed by atoms with E-state index in [-0.39, 0.29) is 18.6 Å². The van der Waals surface area contributed by atoms with Crippen LogP contribution in [0.1, 0.15) is 81.6 Å². The standard InChI is InChI=1S/C29H38O5S/c30-24(25-2-1-3-35-25)14-23(28(31)33-26-19-6-15-4-16(8-19)9-20(26)7-15)29(32)34-27-21-10-17-5-18(12-21)13-22(27)11-17/h1-3,15-24,26-27,30H,4-14H2/t15?,16?,17?,18?,19?,20?,21?,22?,23?,24-,26?,27?/m0/s1. The van der Waals surface area contributed by atoms with Crippen LogP contribution in [0.2, 0.25) is 0 Å². The zero-order valence-electron chi connectivity index (χ0n) is 20.4. The molecule has 0 radical (unpaired) electrons. The maximum Gasteiger partial charge on any atom is 0.320 e. The molecule has 8 aliphatic carbocycles. The van der Waals surface area contributed by atoms with E-state index < -0.39 is 24.0 Å². The van der Waals surface area contributed by atoms with Gasteiger partial charge in [-0.05, 0) is 123 Å². The summed E-state index contributed by atoms with van der Waals surface area (Å²) in [6, 6.07) is 3.75. The van der Waals surface area contributed by atoms with Gasteiger partial charge in [0.2, 0.25) is 0 Å². The molecule has 1 heterocycles. The SMILES string of the molecule is O=C(OC1C2CC3CC(C2)CC1C3)C(C[C@H](O)c1cccs1)C(=O)OC1C2CC3CC(C2)CC1C3.